The molecule has 26 heavy (non-hydrogen) atoms. The van der Waals surface area contributed by atoms with Crippen LogP contribution in [-0.4, -0.2) is 47.9 Å². The second-order valence-corrected chi connectivity index (χ2v) is 6.61. The number of carbonyl (C=O) groups excluding carboxylic acids is 3. The van der Waals surface area contributed by atoms with Gasteiger partial charge >= 0.3 is 6.03 Å². The van der Waals surface area contributed by atoms with Gasteiger partial charge < -0.3 is 20.9 Å². The molecule has 4 amide bonds. The molecule has 0 unspecified atom stereocenters. The van der Waals surface area contributed by atoms with E-state index in [1.54, 1.807) is 4.90 Å². The molecular weight excluding hydrogens is 332 g/mol. The van der Waals surface area contributed by atoms with Crippen molar-refractivity contribution < 1.29 is 14.4 Å². The fraction of sp³-hybridized carbons (Fsp3) is 0.526. The molecule has 1 aromatic carbocycles. The van der Waals surface area contributed by atoms with E-state index in [4.69, 9.17) is 0 Å². The number of urea groups is 1. The number of hydrogen-bond donors (Lipinski definition) is 3. The van der Waals surface area contributed by atoms with Crippen molar-refractivity contribution in [3.63, 3.8) is 0 Å². The largest absolute Gasteiger partial charge is 0.351 e. The van der Waals surface area contributed by atoms with Gasteiger partial charge in [0, 0.05) is 31.7 Å². The van der Waals surface area contributed by atoms with Crippen LogP contribution in [0.25, 0.3) is 0 Å². The van der Waals surface area contributed by atoms with Gasteiger partial charge in [0.25, 0.3) is 0 Å². The van der Waals surface area contributed by atoms with Crippen molar-refractivity contribution in [3.8, 4) is 0 Å². The van der Waals surface area contributed by atoms with Gasteiger partial charge in [-0.2, -0.15) is 0 Å². The summed E-state index contributed by atoms with van der Waals surface area (Å²) in [4.78, 5) is 37.7. The Bertz CT molecular complexity index is 612. The van der Waals surface area contributed by atoms with E-state index in [0.29, 0.717) is 32.4 Å². The van der Waals surface area contributed by atoms with Crippen molar-refractivity contribution in [2.75, 3.05) is 18.4 Å². The van der Waals surface area contributed by atoms with Crippen molar-refractivity contribution >= 4 is 23.5 Å². The first-order valence-corrected chi connectivity index (χ1v) is 9.18. The summed E-state index contributed by atoms with van der Waals surface area (Å²) in [5.74, 6) is -0.347. The van der Waals surface area contributed by atoms with Crippen molar-refractivity contribution in [2.24, 2.45) is 0 Å². The van der Waals surface area contributed by atoms with Gasteiger partial charge in [-0.15, -0.1) is 0 Å². The van der Waals surface area contributed by atoms with E-state index >= 15 is 0 Å². The Morgan fingerprint density at radius 2 is 1.81 bits per heavy atom. The Morgan fingerprint density at radius 3 is 2.38 bits per heavy atom. The summed E-state index contributed by atoms with van der Waals surface area (Å²) in [6, 6.07) is 8.76. The first kappa shape index (κ1) is 19.8. The van der Waals surface area contributed by atoms with E-state index in [9.17, 15) is 14.4 Å². The maximum atomic E-state index is 12.4. The Hall–Kier alpha value is -2.57. The molecule has 2 rings (SSSR count). The molecule has 0 aliphatic carbocycles. The van der Waals surface area contributed by atoms with Gasteiger partial charge in [0.2, 0.25) is 11.8 Å². The van der Waals surface area contributed by atoms with E-state index in [1.807, 2.05) is 37.3 Å². The number of carbonyl (C=O) groups is 3. The standard InChI is InChI=1S/C19H28N4O3/c1-3-7-17(20-14(2)24)18(25)21-16-10-12-23(13-11-16)19(26)22-15-8-5-4-6-9-15/h4-6,8-9,16-17H,3,7,10-13H2,1-2H3,(H,20,24)(H,21,25)(H,22,26)/t17-/m0/s1. The van der Waals surface area contributed by atoms with Crippen LogP contribution in [0, 0.1) is 0 Å². The SMILES string of the molecule is CCC[C@H](NC(C)=O)C(=O)NC1CCN(C(=O)Nc2ccccc2)CC1. The number of amides is 4. The third-order valence-electron chi connectivity index (χ3n) is 4.42. The molecule has 1 aliphatic rings. The van der Waals surface area contributed by atoms with E-state index < -0.39 is 6.04 Å². The molecule has 3 N–H and O–H groups in total. The third-order valence-corrected chi connectivity index (χ3v) is 4.42. The van der Waals surface area contributed by atoms with Gasteiger partial charge in [-0.05, 0) is 31.4 Å². The topological polar surface area (TPSA) is 90.5 Å². The number of para-hydroxylation sites is 1. The van der Waals surface area contributed by atoms with Crippen LogP contribution in [-0.2, 0) is 9.59 Å². The lowest BCUT2D eigenvalue weighted by molar-refractivity contribution is -0.128. The molecule has 0 saturated carbocycles. The summed E-state index contributed by atoms with van der Waals surface area (Å²) < 4.78 is 0. The molecule has 0 spiro atoms. The minimum absolute atomic E-state index is 0.0244. The van der Waals surface area contributed by atoms with Gasteiger partial charge in [0.05, 0.1) is 0 Å². The highest BCUT2D eigenvalue weighted by Crippen LogP contribution is 2.13. The highest BCUT2D eigenvalue weighted by atomic mass is 16.2. The highest BCUT2D eigenvalue weighted by molar-refractivity contribution is 5.89. The number of nitrogens with zero attached hydrogens (tertiary/aromatic N) is 1. The van der Waals surface area contributed by atoms with Crippen LogP contribution < -0.4 is 16.0 Å². The average Bonchev–Trinajstić information content (AvgIpc) is 2.62. The minimum atomic E-state index is -0.489. The van der Waals surface area contributed by atoms with Crippen LogP contribution in [0.15, 0.2) is 30.3 Å². The Labute approximate surface area is 154 Å². The molecule has 1 saturated heterocycles. The van der Waals surface area contributed by atoms with Crippen molar-refractivity contribution in [1.29, 1.82) is 0 Å². The average molecular weight is 360 g/mol. The zero-order valence-corrected chi connectivity index (χ0v) is 15.5. The summed E-state index contributed by atoms with van der Waals surface area (Å²) in [6.45, 7) is 4.57. The predicted molar refractivity (Wildman–Crippen MR) is 101 cm³/mol. The van der Waals surface area contributed by atoms with Gasteiger partial charge in [0.1, 0.15) is 6.04 Å². The molecule has 1 aliphatic heterocycles. The van der Waals surface area contributed by atoms with Crippen LogP contribution in [0.5, 0.6) is 0 Å². The smallest absolute Gasteiger partial charge is 0.321 e. The molecule has 0 radical (unpaired) electrons. The molecule has 7 heteroatoms. The maximum Gasteiger partial charge on any atom is 0.321 e. The molecule has 1 fully saturated rings. The normalized spacial score (nSPS) is 15.8. The number of likely N-dealkylation sites (tertiary alicyclic amines) is 1. The lowest BCUT2D eigenvalue weighted by Gasteiger charge is -2.33. The predicted octanol–water partition coefficient (Wildman–Crippen LogP) is 2.10. The molecule has 0 bridgehead atoms. The zero-order valence-electron chi connectivity index (χ0n) is 15.5. The minimum Gasteiger partial charge on any atom is -0.351 e. The van der Waals surface area contributed by atoms with E-state index in [1.165, 1.54) is 6.92 Å². The number of hydrogen-bond acceptors (Lipinski definition) is 3. The summed E-state index contributed by atoms with van der Waals surface area (Å²) in [7, 11) is 0. The Morgan fingerprint density at radius 1 is 1.15 bits per heavy atom. The van der Waals surface area contributed by atoms with Crippen LogP contribution >= 0.6 is 0 Å². The summed E-state index contributed by atoms with van der Waals surface area (Å²) in [5, 5.41) is 8.58. The third kappa shape index (κ3) is 6.06. The van der Waals surface area contributed by atoms with Gasteiger partial charge in [-0.1, -0.05) is 31.5 Å². The van der Waals surface area contributed by atoms with E-state index in [-0.39, 0.29) is 23.9 Å². The zero-order chi connectivity index (χ0) is 18.9. The first-order chi connectivity index (χ1) is 12.5. The summed E-state index contributed by atoms with van der Waals surface area (Å²) in [5.41, 5.74) is 0.769. The van der Waals surface area contributed by atoms with Crippen molar-refractivity contribution in [2.45, 2.75) is 51.6 Å². The maximum absolute atomic E-state index is 12.4. The molecule has 0 aromatic heterocycles. The van der Waals surface area contributed by atoms with E-state index in [0.717, 1.165) is 12.1 Å². The number of nitrogens with one attached hydrogen (secondary N) is 3. The first-order valence-electron chi connectivity index (χ1n) is 9.18. The summed E-state index contributed by atoms with van der Waals surface area (Å²) >= 11 is 0. The fourth-order valence-corrected chi connectivity index (χ4v) is 3.06. The summed E-state index contributed by atoms with van der Waals surface area (Å²) in [6.07, 6.45) is 2.83. The molecule has 7 nitrogen and oxygen atoms in total. The molecule has 142 valence electrons. The lowest BCUT2D eigenvalue weighted by atomic mass is 10.0. The Balaban J connectivity index is 1.79. The van der Waals surface area contributed by atoms with Crippen LogP contribution in [0.2, 0.25) is 0 Å². The quantitative estimate of drug-likeness (QED) is 0.726. The van der Waals surface area contributed by atoms with Gasteiger partial charge in [-0.25, -0.2) is 4.79 Å². The second-order valence-electron chi connectivity index (χ2n) is 6.61. The number of rotatable bonds is 6. The van der Waals surface area contributed by atoms with Gasteiger partial charge in [-0.3, -0.25) is 9.59 Å². The second kappa shape index (κ2) is 9.79. The van der Waals surface area contributed by atoms with Crippen LogP contribution in [0.3, 0.4) is 0 Å². The monoisotopic (exact) mass is 360 g/mol. The fourth-order valence-electron chi connectivity index (χ4n) is 3.06. The molecule has 1 aromatic rings. The molecule has 1 atom stereocenters. The lowest BCUT2D eigenvalue weighted by Crippen LogP contribution is -2.52. The van der Waals surface area contributed by atoms with Crippen LogP contribution in [0.1, 0.15) is 39.5 Å². The molecular formula is C19H28N4O3. The number of benzene rings is 1. The molecule has 1 heterocycles. The van der Waals surface area contributed by atoms with Crippen molar-refractivity contribution in [3.05, 3.63) is 30.3 Å². The van der Waals surface area contributed by atoms with Gasteiger partial charge in [0.15, 0.2) is 0 Å². The Kier molecular flexibility index (Phi) is 7.44. The van der Waals surface area contributed by atoms with Crippen LogP contribution in [0.4, 0.5) is 10.5 Å². The number of anilines is 1. The van der Waals surface area contributed by atoms with E-state index in [2.05, 4.69) is 16.0 Å². The highest BCUT2D eigenvalue weighted by Gasteiger charge is 2.26. The van der Waals surface area contributed by atoms with Crippen molar-refractivity contribution in [1.82, 2.24) is 15.5 Å². The number of piperidine rings is 1.